The van der Waals surface area contributed by atoms with Crippen LogP contribution in [0.2, 0.25) is 0 Å². The van der Waals surface area contributed by atoms with Gasteiger partial charge in [-0.05, 0) is 18.8 Å². The van der Waals surface area contributed by atoms with Crippen LogP contribution in [0.25, 0.3) is 0 Å². The van der Waals surface area contributed by atoms with Gasteiger partial charge in [0.25, 0.3) is 0 Å². The van der Waals surface area contributed by atoms with E-state index in [2.05, 4.69) is 22.7 Å². The molecular formula is C12H18F2N4. The molecule has 0 bridgehead atoms. The van der Waals surface area contributed by atoms with E-state index < -0.39 is 11.6 Å². The van der Waals surface area contributed by atoms with Crippen molar-refractivity contribution in [3.63, 3.8) is 0 Å². The first-order valence-corrected chi connectivity index (χ1v) is 6.19. The van der Waals surface area contributed by atoms with E-state index in [1.807, 2.05) is 0 Å². The highest BCUT2D eigenvalue weighted by molar-refractivity contribution is 5.47. The lowest BCUT2D eigenvalue weighted by molar-refractivity contribution is 0.357. The number of aromatic nitrogens is 1. The monoisotopic (exact) mass is 256 g/mol. The topological polar surface area (TPSA) is 63.0 Å². The number of pyridine rings is 1. The van der Waals surface area contributed by atoms with E-state index in [0.717, 1.165) is 25.3 Å². The Bertz CT molecular complexity index is 425. The van der Waals surface area contributed by atoms with Gasteiger partial charge in [-0.2, -0.15) is 0 Å². The molecular weight excluding hydrogens is 238 g/mol. The summed E-state index contributed by atoms with van der Waals surface area (Å²) in [6.07, 6.45) is 4.27. The summed E-state index contributed by atoms with van der Waals surface area (Å²) in [5.74, 6) is 4.16. The molecule has 2 unspecified atom stereocenters. The van der Waals surface area contributed by atoms with Crippen molar-refractivity contribution >= 4 is 11.6 Å². The van der Waals surface area contributed by atoms with E-state index in [4.69, 9.17) is 5.84 Å². The Labute approximate surface area is 105 Å². The van der Waals surface area contributed by atoms with Gasteiger partial charge in [0.15, 0.2) is 23.3 Å². The zero-order valence-corrected chi connectivity index (χ0v) is 10.3. The Balaban J connectivity index is 2.13. The Morgan fingerprint density at radius 3 is 2.67 bits per heavy atom. The van der Waals surface area contributed by atoms with Crippen LogP contribution in [0.3, 0.4) is 0 Å². The van der Waals surface area contributed by atoms with Gasteiger partial charge in [0, 0.05) is 12.1 Å². The second kappa shape index (κ2) is 5.48. The third-order valence-electron chi connectivity index (χ3n) is 3.34. The minimum Gasteiger partial charge on any atom is -0.365 e. The molecule has 18 heavy (non-hydrogen) atoms. The van der Waals surface area contributed by atoms with Crippen LogP contribution in [0, 0.1) is 17.6 Å². The van der Waals surface area contributed by atoms with Crippen LogP contribution >= 0.6 is 0 Å². The molecule has 0 aliphatic heterocycles. The summed E-state index contributed by atoms with van der Waals surface area (Å²) < 4.78 is 26.8. The number of nitrogen functional groups attached to an aromatic ring is 1. The molecule has 2 rings (SSSR count). The molecule has 0 saturated heterocycles. The van der Waals surface area contributed by atoms with Crippen molar-refractivity contribution in [3.8, 4) is 0 Å². The molecule has 1 aromatic rings. The van der Waals surface area contributed by atoms with Crippen LogP contribution in [0.15, 0.2) is 6.07 Å². The van der Waals surface area contributed by atoms with Crippen LogP contribution < -0.4 is 16.6 Å². The van der Waals surface area contributed by atoms with Gasteiger partial charge in [-0.3, -0.25) is 0 Å². The predicted molar refractivity (Wildman–Crippen MR) is 67.0 cm³/mol. The van der Waals surface area contributed by atoms with Crippen LogP contribution in [0.4, 0.5) is 20.4 Å². The standard InChI is InChI=1S/C12H18F2N4/c1-7-3-2-4-8(5-7)16-11-9(13)6-10(14)12(17-11)18-15/h6-8H,2-5,15H2,1H3,(H2,16,17,18). The number of nitrogens with two attached hydrogens (primary N) is 1. The molecule has 1 saturated carbocycles. The van der Waals surface area contributed by atoms with E-state index >= 15 is 0 Å². The van der Waals surface area contributed by atoms with Gasteiger partial charge in [0.1, 0.15) is 0 Å². The van der Waals surface area contributed by atoms with Gasteiger partial charge in [-0.25, -0.2) is 19.6 Å². The molecule has 6 heteroatoms. The van der Waals surface area contributed by atoms with Gasteiger partial charge in [0.05, 0.1) is 0 Å². The van der Waals surface area contributed by atoms with Crippen molar-refractivity contribution in [2.75, 3.05) is 10.7 Å². The first-order valence-electron chi connectivity index (χ1n) is 6.19. The summed E-state index contributed by atoms with van der Waals surface area (Å²) in [6.45, 7) is 2.18. The van der Waals surface area contributed by atoms with Crippen molar-refractivity contribution in [1.82, 2.24) is 4.98 Å². The highest BCUT2D eigenvalue weighted by Gasteiger charge is 2.21. The third kappa shape index (κ3) is 2.87. The van der Waals surface area contributed by atoms with Crippen molar-refractivity contribution < 1.29 is 8.78 Å². The number of halogens is 2. The number of hydrogen-bond acceptors (Lipinski definition) is 4. The highest BCUT2D eigenvalue weighted by Crippen LogP contribution is 2.27. The number of nitrogens with zero attached hydrogens (tertiary/aromatic N) is 1. The van der Waals surface area contributed by atoms with Crippen molar-refractivity contribution in [2.45, 2.75) is 38.6 Å². The van der Waals surface area contributed by atoms with Gasteiger partial charge in [-0.15, -0.1) is 0 Å². The fourth-order valence-electron chi connectivity index (χ4n) is 2.43. The fraction of sp³-hybridized carbons (Fsp3) is 0.583. The van der Waals surface area contributed by atoms with E-state index in [-0.39, 0.29) is 17.7 Å². The summed E-state index contributed by atoms with van der Waals surface area (Å²) in [5, 5.41) is 3.03. The number of nitrogens with one attached hydrogen (secondary N) is 2. The summed E-state index contributed by atoms with van der Waals surface area (Å²) in [7, 11) is 0. The highest BCUT2D eigenvalue weighted by atomic mass is 19.1. The predicted octanol–water partition coefficient (Wildman–Crippen LogP) is 2.64. The summed E-state index contributed by atoms with van der Waals surface area (Å²) in [4.78, 5) is 3.81. The molecule has 0 amide bonds. The Morgan fingerprint density at radius 2 is 2.00 bits per heavy atom. The summed E-state index contributed by atoms with van der Waals surface area (Å²) in [6, 6.07) is 0.975. The molecule has 1 fully saturated rings. The third-order valence-corrected chi connectivity index (χ3v) is 3.34. The maximum atomic E-state index is 13.6. The molecule has 4 N–H and O–H groups in total. The minimum atomic E-state index is -0.794. The maximum absolute atomic E-state index is 13.6. The van der Waals surface area contributed by atoms with Gasteiger partial charge < -0.3 is 10.7 Å². The van der Waals surface area contributed by atoms with Crippen LogP contribution in [-0.2, 0) is 0 Å². The molecule has 0 aromatic carbocycles. The number of hydrazine groups is 1. The minimum absolute atomic E-state index is 0.0588. The fourth-order valence-corrected chi connectivity index (χ4v) is 2.43. The van der Waals surface area contributed by atoms with Gasteiger partial charge in [-0.1, -0.05) is 19.8 Å². The van der Waals surface area contributed by atoms with Crippen molar-refractivity contribution in [3.05, 3.63) is 17.7 Å². The molecule has 1 aromatic heterocycles. The lowest BCUT2D eigenvalue weighted by Crippen LogP contribution is -2.27. The van der Waals surface area contributed by atoms with Crippen LogP contribution in [0.1, 0.15) is 32.6 Å². The van der Waals surface area contributed by atoms with Crippen LogP contribution in [-0.4, -0.2) is 11.0 Å². The Kier molecular flexibility index (Phi) is 3.96. The van der Waals surface area contributed by atoms with Gasteiger partial charge in [0.2, 0.25) is 0 Å². The quantitative estimate of drug-likeness (QED) is 0.574. The smallest absolute Gasteiger partial charge is 0.178 e. The molecule has 2 atom stereocenters. The molecule has 0 radical (unpaired) electrons. The van der Waals surface area contributed by atoms with Crippen molar-refractivity contribution in [2.24, 2.45) is 11.8 Å². The van der Waals surface area contributed by atoms with Crippen molar-refractivity contribution in [1.29, 1.82) is 0 Å². The SMILES string of the molecule is CC1CCCC(Nc2nc(NN)c(F)cc2F)C1. The zero-order chi connectivity index (χ0) is 13.1. The molecule has 0 spiro atoms. The molecule has 4 nitrogen and oxygen atoms in total. The van der Waals surface area contributed by atoms with E-state index in [1.165, 1.54) is 6.42 Å². The van der Waals surface area contributed by atoms with E-state index in [1.54, 1.807) is 0 Å². The van der Waals surface area contributed by atoms with Crippen LogP contribution in [0.5, 0.6) is 0 Å². The summed E-state index contributed by atoms with van der Waals surface area (Å²) >= 11 is 0. The first-order chi connectivity index (χ1) is 8.60. The normalized spacial score (nSPS) is 23.8. The lowest BCUT2D eigenvalue weighted by atomic mass is 9.87. The zero-order valence-electron chi connectivity index (χ0n) is 10.3. The maximum Gasteiger partial charge on any atom is 0.178 e. The number of anilines is 2. The largest absolute Gasteiger partial charge is 0.365 e. The Morgan fingerprint density at radius 1 is 1.28 bits per heavy atom. The average molecular weight is 256 g/mol. The second-order valence-electron chi connectivity index (χ2n) is 4.91. The second-order valence-corrected chi connectivity index (χ2v) is 4.91. The van der Waals surface area contributed by atoms with E-state index in [0.29, 0.717) is 5.92 Å². The van der Waals surface area contributed by atoms with E-state index in [9.17, 15) is 8.78 Å². The van der Waals surface area contributed by atoms with Gasteiger partial charge >= 0.3 is 0 Å². The molecule has 1 heterocycles. The summed E-state index contributed by atoms with van der Waals surface area (Å²) in [5.41, 5.74) is 2.12. The average Bonchev–Trinajstić information content (AvgIpc) is 2.33. The first kappa shape index (κ1) is 13.0. The number of hydrogen-bond donors (Lipinski definition) is 3. The lowest BCUT2D eigenvalue weighted by Gasteiger charge is -2.28. The molecule has 100 valence electrons. The molecule has 1 aliphatic rings. The Hall–Kier alpha value is -1.43. The number of rotatable bonds is 3. The molecule has 1 aliphatic carbocycles.